The second-order valence-corrected chi connectivity index (χ2v) is 15.8. The van der Waals surface area contributed by atoms with Crippen molar-refractivity contribution in [2.75, 3.05) is 67.0 Å². The van der Waals surface area contributed by atoms with Gasteiger partial charge in [0.15, 0.2) is 0 Å². The zero-order valence-corrected chi connectivity index (χ0v) is 28.8. The second kappa shape index (κ2) is 13.5. The lowest BCUT2D eigenvalue weighted by atomic mass is 9.80. The number of amides is 2. The molecule has 0 spiro atoms. The number of likely N-dealkylation sites (N-methyl/N-ethyl adjacent to an activating group) is 1. The van der Waals surface area contributed by atoms with Crippen LogP contribution in [-0.4, -0.2) is 118 Å². The minimum Gasteiger partial charge on any atom is -0.481 e. The van der Waals surface area contributed by atoms with Crippen LogP contribution in [0.15, 0.2) is 42.0 Å². The van der Waals surface area contributed by atoms with Gasteiger partial charge in [0, 0.05) is 48.9 Å². The first kappa shape index (κ1) is 33.3. The number of likely N-dealkylation sites (tertiary alicyclic amines) is 1. The number of piperidine rings is 1. The molecule has 3 aromatic rings. The summed E-state index contributed by atoms with van der Waals surface area (Å²) < 4.78 is 3.97. The zero-order chi connectivity index (χ0) is 33.2. The van der Waals surface area contributed by atoms with E-state index in [4.69, 9.17) is 4.98 Å². The number of carboxylic acid groups (broad SMARTS) is 1. The van der Waals surface area contributed by atoms with Crippen LogP contribution in [0, 0.1) is 11.3 Å². The van der Waals surface area contributed by atoms with E-state index in [1.165, 1.54) is 11.3 Å². The quantitative estimate of drug-likeness (QED) is 0.305. The molecular formula is C35H49N7O4S+2. The molecule has 0 atom stereocenters. The Kier molecular flexibility index (Phi) is 9.55. The number of carbonyl (C=O) groups excluding carboxylic acids is 2. The number of aryl methyl sites for hydroxylation is 1. The van der Waals surface area contributed by atoms with E-state index in [1.807, 2.05) is 46.7 Å². The summed E-state index contributed by atoms with van der Waals surface area (Å²) in [4.78, 5) is 45.1. The predicted molar refractivity (Wildman–Crippen MR) is 180 cm³/mol. The van der Waals surface area contributed by atoms with Gasteiger partial charge < -0.3 is 24.3 Å². The second-order valence-electron chi connectivity index (χ2n) is 14.9. The number of fused-ring (bicyclic) bond motifs is 1. The molecule has 2 saturated heterocycles. The number of rotatable bonds is 11. The molecular weight excluding hydrogens is 614 g/mol. The summed E-state index contributed by atoms with van der Waals surface area (Å²) in [5, 5.41) is 19.9. The third-order valence-electron chi connectivity index (χ3n) is 10.8. The molecule has 1 aliphatic carbocycles. The van der Waals surface area contributed by atoms with Crippen molar-refractivity contribution in [1.29, 1.82) is 0 Å². The number of carboxylic acids is 1. The van der Waals surface area contributed by atoms with E-state index in [-0.39, 0.29) is 24.8 Å². The highest BCUT2D eigenvalue weighted by Crippen LogP contribution is 2.40. The van der Waals surface area contributed by atoms with Gasteiger partial charge in [0.25, 0.3) is 0 Å². The van der Waals surface area contributed by atoms with Crippen LogP contribution >= 0.6 is 11.3 Å². The SMILES string of the molecule is C[N+]1(C)CCC(C(=O)N2CC[N+](C)(CCCn3cc(-c4csc(CNC(=O)C5(CC(=O)O)Cc6ccccc6C5)n4)cn3)CC2)CC1. The lowest BCUT2D eigenvalue weighted by Gasteiger charge is -2.44. The lowest BCUT2D eigenvalue weighted by molar-refractivity contribution is -0.913. The molecule has 4 heterocycles. The van der Waals surface area contributed by atoms with Crippen LogP contribution in [0.25, 0.3) is 11.3 Å². The van der Waals surface area contributed by atoms with Crippen LogP contribution in [-0.2, 0) is 40.3 Å². The lowest BCUT2D eigenvalue weighted by Crippen LogP contribution is -2.60. The molecule has 2 aliphatic heterocycles. The maximum Gasteiger partial charge on any atom is 0.304 e. The molecule has 6 rings (SSSR count). The molecule has 2 aromatic heterocycles. The number of carbonyl (C=O) groups is 3. The highest BCUT2D eigenvalue weighted by atomic mass is 32.1. The fourth-order valence-corrected chi connectivity index (χ4v) is 8.36. The van der Waals surface area contributed by atoms with E-state index in [2.05, 4.69) is 36.5 Å². The van der Waals surface area contributed by atoms with Crippen LogP contribution in [0.3, 0.4) is 0 Å². The zero-order valence-electron chi connectivity index (χ0n) is 28.0. The molecule has 1 aromatic carbocycles. The number of aliphatic carboxylic acids is 1. The summed E-state index contributed by atoms with van der Waals surface area (Å²) >= 11 is 1.47. The first-order chi connectivity index (χ1) is 22.4. The number of benzene rings is 1. The van der Waals surface area contributed by atoms with Crippen molar-refractivity contribution in [2.24, 2.45) is 11.3 Å². The first-order valence-electron chi connectivity index (χ1n) is 16.9. The summed E-state index contributed by atoms with van der Waals surface area (Å²) in [6, 6.07) is 7.81. The maximum atomic E-state index is 13.4. The van der Waals surface area contributed by atoms with Gasteiger partial charge in [0.05, 0.1) is 97.2 Å². The van der Waals surface area contributed by atoms with Crippen molar-refractivity contribution in [3.8, 4) is 11.3 Å². The molecule has 3 aliphatic rings. The molecule has 12 heteroatoms. The number of thiazole rings is 1. The predicted octanol–water partition coefficient (Wildman–Crippen LogP) is 3.05. The van der Waals surface area contributed by atoms with Crippen LogP contribution in [0.2, 0.25) is 0 Å². The molecule has 0 saturated carbocycles. The fourth-order valence-electron chi connectivity index (χ4n) is 7.61. The van der Waals surface area contributed by atoms with Crippen LogP contribution in [0.1, 0.15) is 41.8 Å². The van der Waals surface area contributed by atoms with E-state index in [9.17, 15) is 19.5 Å². The largest absolute Gasteiger partial charge is 0.481 e. The topological polar surface area (TPSA) is 117 Å². The van der Waals surface area contributed by atoms with Crippen molar-refractivity contribution >= 4 is 29.1 Å². The van der Waals surface area contributed by atoms with E-state index < -0.39 is 11.4 Å². The van der Waals surface area contributed by atoms with Gasteiger partial charge >= 0.3 is 5.97 Å². The summed E-state index contributed by atoms with van der Waals surface area (Å²) in [7, 11) is 6.82. The fraction of sp³-hybridized carbons (Fsp3) is 0.571. The van der Waals surface area contributed by atoms with Gasteiger partial charge in [-0.3, -0.25) is 19.1 Å². The smallest absolute Gasteiger partial charge is 0.304 e. The Morgan fingerprint density at radius 1 is 1.04 bits per heavy atom. The standard InChI is InChI=1S/C35H47N7O4S/c1-41(2)15-9-26(10-16-41)33(45)39-12-17-42(3,18-13-39)14-6-11-40-24-29(22-37-40)30-25-47-31(38-30)23-36-34(46)35(21-32(43)44)19-27-7-4-5-8-28(27)20-35/h4-5,7-8,22,24-26H,6,9-21,23H2,1-3H3/p+2. The molecule has 47 heavy (non-hydrogen) atoms. The number of nitrogens with zero attached hydrogens (tertiary/aromatic N) is 6. The van der Waals surface area contributed by atoms with E-state index in [1.54, 1.807) is 0 Å². The average Bonchev–Trinajstić information content (AvgIpc) is 3.78. The normalized spacial score (nSPS) is 20.1. The third kappa shape index (κ3) is 7.76. The van der Waals surface area contributed by atoms with Crippen LogP contribution < -0.4 is 5.32 Å². The minimum absolute atomic E-state index is 0.200. The third-order valence-corrected chi connectivity index (χ3v) is 11.6. The number of piperazine rings is 1. The Balaban J connectivity index is 0.955. The molecule has 2 amide bonds. The number of hydrogen-bond donors (Lipinski definition) is 2. The van der Waals surface area contributed by atoms with Gasteiger partial charge in [-0.1, -0.05) is 24.3 Å². The van der Waals surface area contributed by atoms with Crippen molar-refractivity contribution in [3.63, 3.8) is 0 Å². The summed E-state index contributed by atoms with van der Waals surface area (Å²) in [6.45, 7) is 7.96. The van der Waals surface area contributed by atoms with Gasteiger partial charge in [-0.15, -0.1) is 11.3 Å². The molecule has 11 nitrogen and oxygen atoms in total. The minimum atomic E-state index is -0.979. The molecule has 0 bridgehead atoms. The summed E-state index contributed by atoms with van der Waals surface area (Å²) in [5.74, 6) is -0.636. The van der Waals surface area contributed by atoms with Crippen molar-refractivity contribution in [1.82, 2.24) is 25.0 Å². The number of nitrogens with one attached hydrogen (secondary N) is 1. The Labute approximate surface area is 281 Å². The highest BCUT2D eigenvalue weighted by Gasteiger charge is 2.45. The van der Waals surface area contributed by atoms with E-state index in [0.29, 0.717) is 18.7 Å². The van der Waals surface area contributed by atoms with Gasteiger partial charge in [0.1, 0.15) is 5.01 Å². The molecule has 0 radical (unpaired) electrons. The monoisotopic (exact) mass is 663 g/mol. The molecule has 0 unspecified atom stereocenters. The summed E-state index contributed by atoms with van der Waals surface area (Å²) in [6.07, 6.45) is 7.52. The number of aromatic nitrogens is 3. The molecule has 2 fully saturated rings. The maximum absolute atomic E-state index is 13.4. The van der Waals surface area contributed by atoms with E-state index >= 15 is 0 Å². The highest BCUT2D eigenvalue weighted by molar-refractivity contribution is 7.09. The van der Waals surface area contributed by atoms with Gasteiger partial charge in [-0.05, 0) is 24.0 Å². The van der Waals surface area contributed by atoms with E-state index in [0.717, 1.165) is 108 Å². The Morgan fingerprint density at radius 2 is 1.72 bits per heavy atom. The van der Waals surface area contributed by atoms with Crippen molar-refractivity contribution < 1.29 is 28.5 Å². The van der Waals surface area contributed by atoms with Crippen molar-refractivity contribution in [3.05, 3.63) is 58.2 Å². The van der Waals surface area contributed by atoms with Gasteiger partial charge in [-0.2, -0.15) is 5.10 Å². The van der Waals surface area contributed by atoms with Crippen LogP contribution in [0.4, 0.5) is 0 Å². The Hall–Kier alpha value is -3.61. The first-order valence-corrected chi connectivity index (χ1v) is 17.8. The van der Waals surface area contributed by atoms with Gasteiger partial charge in [-0.25, -0.2) is 4.98 Å². The molecule has 252 valence electrons. The number of quaternary nitrogens is 2. The average molecular weight is 664 g/mol. The number of hydrogen-bond acceptors (Lipinski definition) is 6. The van der Waals surface area contributed by atoms with Crippen molar-refractivity contribution in [2.45, 2.75) is 51.6 Å². The Bertz CT molecular complexity index is 1570. The Morgan fingerprint density at radius 3 is 2.38 bits per heavy atom. The summed E-state index contributed by atoms with van der Waals surface area (Å²) in [5.41, 5.74) is 2.86. The van der Waals surface area contributed by atoms with Crippen LogP contribution in [0.5, 0.6) is 0 Å². The molecule has 2 N–H and O–H groups in total. The van der Waals surface area contributed by atoms with Gasteiger partial charge in [0.2, 0.25) is 11.8 Å².